The van der Waals surface area contributed by atoms with Crippen LogP contribution in [0.3, 0.4) is 0 Å². The standard InChI is InChI=1S/C49H53N6O11PS/c1-48(2,3)47(57)68-28-27-64-67(58,63-26-12-25-50)66-40-29-43(55-33-53-44-45(51-32-52-46(44)55)54-42(56)31-61-39-15-10-7-11-16-39)65-41(40)30-62-49(34-13-8-6-9-14-34,35-17-21-37(59-4)22-18-35)36-19-23-38(60-5)24-20-36/h6-11,13-24,32-33,40-41,43H,12,26-31H2,1-5H3,(H,51,52,54,56)/t40-,41-,43-,67?/m1/s1. The molecule has 0 radical (unpaired) electrons. The van der Waals surface area contributed by atoms with Crippen LogP contribution in [-0.4, -0.2) is 89.1 Å². The molecule has 0 saturated carbocycles. The van der Waals surface area contributed by atoms with Gasteiger partial charge in [-0.3, -0.25) is 27.7 Å². The maximum absolute atomic E-state index is 14.6. The van der Waals surface area contributed by atoms with Crippen LogP contribution in [0.15, 0.2) is 122 Å². The van der Waals surface area contributed by atoms with Crippen molar-refractivity contribution in [2.45, 2.75) is 57.6 Å². The third-order valence-corrected chi connectivity index (χ3v) is 13.5. The highest BCUT2D eigenvalue weighted by atomic mass is 32.2. The lowest BCUT2D eigenvalue weighted by atomic mass is 9.80. The van der Waals surface area contributed by atoms with Crippen molar-refractivity contribution in [2.75, 3.05) is 51.7 Å². The molecule has 356 valence electrons. The summed E-state index contributed by atoms with van der Waals surface area (Å²) < 4.78 is 65.0. The number of ether oxygens (including phenoxy) is 5. The number of hydrogen-bond donors (Lipinski definition) is 1. The molecule has 0 spiro atoms. The number of phosphoric acid groups is 1. The van der Waals surface area contributed by atoms with Gasteiger partial charge in [-0.05, 0) is 53.1 Å². The quantitative estimate of drug-likeness (QED) is 0.0383. The SMILES string of the molecule is COc1ccc(C(OC[C@H]2O[C@@H](n3cnc4c(NC(=O)COc5ccccc5)ncnc43)C[C@H]2OP(=O)(OCCC#N)OCCSC(=O)C(C)(C)C)(c2ccccc2)c2ccc(OC)cc2)cc1. The zero-order valence-electron chi connectivity index (χ0n) is 38.3. The molecule has 4 atom stereocenters. The molecule has 3 heterocycles. The van der Waals surface area contributed by atoms with Gasteiger partial charge in [-0.1, -0.05) is 105 Å². The highest BCUT2D eigenvalue weighted by molar-refractivity contribution is 8.13. The van der Waals surface area contributed by atoms with Crippen LogP contribution in [0.4, 0.5) is 5.82 Å². The van der Waals surface area contributed by atoms with Crippen LogP contribution in [0.25, 0.3) is 11.2 Å². The summed E-state index contributed by atoms with van der Waals surface area (Å²) >= 11 is 1.05. The number of benzene rings is 4. The third kappa shape index (κ3) is 12.1. The number of phosphoric ester groups is 1. The predicted molar refractivity (Wildman–Crippen MR) is 254 cm³/mol. The molecule has 0 aliphatic carbocycles. The van der Waals surface area contributed by atoms with Gasteiger partial charge < -0.3 is 29.0 Å². The van der Waals surface area contributed by atoms with E-state index in [-0.39, 0.29) is 61.5 Å². The van der Waals surface area contributed by atoms with Crippen LogP contribution in [0.1, 0.15) is 56.5 Å². The number of rotatable bonds is 22. The van der Waals surface area contributed by atoms with Crippen molar-refractivity contribution in [1.82, 2.24) is 19.5 Å². The Morgan fingerprint density at radius 2 is 1.46 bits per heavy atom. The highest BCUT2D eigenvalue weighted by Gasteiger charge is 2.46. The van der Waals surface area contributed by atoms with Crippen molar-refractivity contribution in [3.8, 4) is 23.3 Å². The van der Waals surface area contributed by atoms with Gasteiger partial charge in [0.25, 0.3) is 5.91 Å². The number of amides is 1. The van der Waals surface area contributed by atoms with Crippen molar-refractivity contribution >= 4 is 47.6 Å². The molecule has 1 aliphatic heterocycles. The first kappa shape index (κ1) is 49.7. The average molecular weight is 965 g/mol. The van der Waals surface area contributed by atoms with Crippen LogP contribution in [0.5, 0.6) is 17.2 Å². The minimum Gasteiger partial charge on any atom is -0.497 e. The molecule has 7 rings (SSSR count). The van der Waals surface area contributed by atoms with Crippen LogP contribution in [0.2, 0.25) is 0 Å². The number of methoxy groups -OCH3 is 2. The molecule has 68 heavy (non-hydrogen) atoms. The van der Waals surface area contributed by atoms with Gasteiger partial charge in [-0.25, -0.2) is 19.5 Å². The summed E-state index contributed by atoms with van der Waals surface area (Å²) in [5, 5.41) is 12.0. The summed E-state index contributed by atoms with van der Waals surface area (Å²) in [4.78, 5) is 39.1. The summed E-state index contributed by atoms with van der Waals surface area (Å²) in [5.74, 6) is 1.68. The number of hydrogen-bond acceptors (Lipinski definition) is 16. The van der Waals surface area contributed by atoms with Gasteiger partial charge in [-0.15, -0.1) is 0 Å². The molecule has 19 heteroatoms. The van der Waals surface area contributed by atoms with Gasteiger partial charge in [0.1, 0.15) is 47.6 Å². The van der Waals surface area contributed by atoms with E-state index >= 15 is 0 Å². The predicted octanol–water partition coefficient (Wildman–Crippen LogP) is 8.90. The lowest BCUT2D eigenvalue weighted by Gasteiger charge is -2.37. The molecule has 1 N–H and O–H groups in total. The molecule has 6 aromatic rings. The zero-order valence-corrected chi connectivity index (χ0v) is 40.0. The molecular formula is C49H53N6O11PS. The first-order chi connectivity index (χ1) is 32.9. The Morgan fingerprint density at radius 1 is 0.838 bits per heavy atom. The van der Waals surface area contributed by atoms with E-state index in [1.54, 1.807) is 43.1 Å². The van der Waals surface area contributed by atoms with Crippen LogP contribution < -0.4 is 19.5 Å². The average Bonchev–Trinajstić information content (AvgIpc) is 3.97. The van der Waals surface area contributed by atoms with Gasteiger partial charge in [0, 0.05) is 17.6 Å². The number of fused-ring (bicyclic) bond motifs is 1. The maximum Gasteiger partial charge on any atom is 0.475 e. The number of nitriles is 1. The van der Waals surface area contributed by atoms with Crippen molar-refractivity contribution in [3.63, 3.8) is 0 Å². The second-order valence-corrected chi connectivity index (χ2v) is 19.1. The topological polar surface area (TPSA) is 204 Å². The van der Waals surface area contributed by atoms with E-state index in [0.29, 0.717) is 22.9 Å². The van der Waals surface area contributed by atoms with E-state index in [0.717, 1.165) is 28.5 Å². The summed E-state index contributed by atoms with van der Waals surface area (Å²) in [6.07, 6.45) is -0.0570. The number of nitrogens with zero attached hydrogens (tertiary/aromatic N) is 5. The van der Waals surface area contributed by atoms with Crippen LogP contribution in [-0.2, 0) is 42.8 Å². The number of nitrogens with one attached hydrogen (secondary N) is 1. The van der Waals surface area contributed by atoms with Crippen LogP contribution >= 0.6 is 19.6 Å². The Kier molecular flexibility index (Phi) is 16.6. The Hall–Kier alpha value is -6.16. The monoisotopic (exact) mass is 964 g/mol. The minimum atomic E-state index is -4.45. The normalized spacial score (nSPS) is 17.0. The summed E-state index contributed by atoms with van der Waals surface area (Å²) in [6.45, 7) is 4.60. The lowest BCUT2D eigenvalue weighted by Crippen LogP contribution is -2.38. The van der Waals surface area contributed by atoms with Gasteiger partial charge in [-0.2, -0.15) is 5.26 Å². The Balaban J connectivity index is 1.23. The van der Waals surface area contributed by atoms with Crippen molar-refractivity contribution in [3.05, 3.63) is 139 Å². The van der Waals surface area contributed by atoms with Crippen molar-refractivity contribution in [1.29, 1.82) is 5.26 Å². The molecule has 1 aliphatic rings. The number of anilines is 1. The van der Waals surface area contributed by atoms with Gasteiger partial charge >= 0.3 is 7.82 Å². The fourth-order valence-electron chi connectivity index (χ4n) is 7.37. The molecular weight excluding hydrogens is 912 g/mol. The summed E-state index contributed by atoms with van der Waals surface area (Å²) in [5.41, 5.74) is 1.05. The molecule has 1 fully saturated rings. The third-order valence-electron chi connectivity index (χ3n) is 10.8. The molecule has 1 saturated heterocycles. The second kappa shape index (κ2) is 22.8. The molecule has 1 amide bonds. The molecule has 4 aromatic carbocycles. The highest BCUT2D eigenvalue weighted by Crippen LogP contribution is 2.54. The number of thioether (sulfide) groups is 1. The Labute approximate surface area is 399 Å². The second-order valence-electron chi connectivity index (χ2n) is 16.4. The lowest BCUT2D eigenvalue weighted by molar-refractivity contribution is -0.118. The first-order valence-corrected chi connectivity index (χ1v) is 24.2. The largest absolute Gasteiger partial charge is 0.497 e. The van der Waals surface area contributed by atoms with Crippen molar-refractivity contribution < 1.29 is 51.4 Å². The van der Waals surface area contributed by atoms with E-state index in [1.165, 1.54) is 12.7 Å². The Morgan fingerprint density at radius 3 is 2.07 bits per heavy atom. The van der Waals surface area contributed by atoms with E-state index in [2.05, 4.69) is 20.3 Å². The zero-order chi connectivity index (χ0) is 48.2. The molecule has 17 nitrogen and oxygen atoms in total. The number of aromatic nitrogens is 4. The van der Waals surface area contributed by atoms with E-state index in [9.17, 15) is 19.4 Å². The summed E-state index contributed by atoms with van der Waals surface area (Å²) in [6, 6.07) is 35.8. The smallest absolute Gasteiger partial charge is 0.475 e. The maximum atomic E-state index is 14.6. The fraction of sp³-hybridized carbons (Fsp3) is 0.347. The minimum absolute atomic E-state index is 0.0612. The number of para-hydroxylation sites is 1. The number of carbonyl (C=O) groups excluding carboxylic acids is 2. The molecule has 0 bridgehead atoms. The van der Waals surface area contributed by atoms with Gasteiger partial charge in [0.15, 0.2) is 28.7 Å². The Bertz CT molecular complexity index is 2650. The molecule has 2 aromatic heterocycles. The number of imidazole rings is 1. The number of carbonyl (C=O) groups is 2. The van der Waals surface area contributed by atoms with Crippen molar-refractivity contribution in [2.24, 2.45) is 5.41 Å². The van der Waals surface area contributed by atoms with E-state index in [1.807, 2.05) is 112 Å². The van der Waals surface area contributed by atoms with E-state index in [4.69, 9.17) is 37.3 Å². The van der Waals surface area contributed by atoms with E-state index < -0.39 is 43.2 Å². The first-order valence-electron chi connectivity index (χ1n) is 21.8. The molecule has 1 unspecified atom stereocenters. The fourth-order valence-corrected chi connectivity index (χ4v) is 9.66. The van der Waals surface area contributed by atoms with Gasteiger partial charge in [0.2, 0.25) is 0 Å². The van der Waals surface area contributed by atoms with Crippen LogP contribution in [0, 0.1) is 16.7 Å². The summed E-state index contributed by atoms with van der Waals surface area (Å²) in [7, 11) is -1.25. The van der Waals surface area contributed by atoms with Gasteiger partial charge in [0.05, 0.1) is 52.9 Å².